The van der Waals surface area contributed by atoms with Gasteiger partial charge in [-0.3, -0.25) is 9.59 Å². The number of benzene rings is 1. The van der Waals surface area contributed by atoms with Crippen LogP contribution in [0.15, 0.2) is 24.3 Å². The van der Waals surface area contributed by atoms with Crippen molar-refractivity contribution in [1.82, 2.24) is 10.2 Å². The third-order valence-corrected chi connectivity index (χ3v) is 5.42. The van der Waals surface area contributed by atoms with E-state index in [0.717, 1.165) is 11.1 Å². The van der Waals surface area contributed by atoms with E-state index in [2.05, 4.69) is 5.32 Å². The van der Waals surface area contributed by atoms with E-state index in [9.17, 15) is 14.4 Å². The molecule has 2 rings (SSSR count). The van der Waals surface area contributed by atoms with Crippen LogP contribution in [-0.4, -0.2) is 47.7 Å². The van der Waals surface area contributed by atoms with Gasteiger partial charge in [0, 0.05) is 12.6 Å². The van der Waals surface area contributed by atoms with Crippen molar-refractivity contribution >= 4 is 18.0 Å². The highest BCUT2D eigenvalue weighted by atomic mass is 16.6. The molecule has 2 amide bonds. The molecular weight excluding hydrogens is 384 g/mol. The van der Waals surface area contributed by atoms with E-state index in [1.54, 1.807) is 25.7 Å². The van der Waals surface area contributed by atoms with Gasteiger partial charge in [0.25, 0.3) is 0 Å². The number of fused-ring (bicyclic) bond motifs is 1. The average Bonchev–Trinajstić information content (AvgIpc) is 2.69. The second-order valence-electron chi connectivity index (χ2n) is 8.88. The standard InChI is InChI=1S/C23H34N2O5/c1-7-15(2)20(24-22(28)30-23(3,4)5)21(27)25-14-17-11-9-8-10-16(17)12-18(25)13-19(26)29-6/h8-11,15,18,20H,7,12-14H2,1-6H3,(H,24,28)/t15-,18+,20-/m0/s1. The lowest BCUT2D eigenvalue weighted by molar-refractivity contribution is -0.145. The molecule has 1 aromatic carbocycles. The number of rotatable bonds is 6. The van der Waals surface area contributed by atoms with Crippen molar-refractivity contribution in [3.63, 3.8) is 0 Å². The summed E-state index contributed by atoms with van der Waals surface area (Å²) in [5.41, 5.74) is 1.51. The van der Waals surface area contributed by atoms with E-state index in [4.69, 9.17) is 9.47 Å². The van der Waals surface area contributed by atoms with E-state index in [1.165, 1.54) is 7.11 Å². The first kappa shape index (κ1) is 23.7. The molecule has 7 heteroatoms. The molecule has 0 bridgehead atoms. The molecule has 0 saturated heterocycles. The molecule has 0 aliphatic carbocycles. The maximum atomic E-state index is 13.6. The van der Waals surface area contributed by atoms with Gasteiger partial charge in [-0.2, -0.15) is 0 Å². The number of hydrogen-bond donors (Lipinski definition) is 1. The number of methoxy groups -OCH3 is 1. The third-order valence-electron chi connectivity index (χ3n) is 5.42. The third kappa shape index (κ3) is 6.21. The van der Waals surface area contributed by atoms with Crippen LogP contribution in [0.3, 0.4) is 0 Å². The first-order valence-electron chi connectivity index (χ1n) is 10.5. The first-order valence-corrected chi connectivity index (χ1v) is 10.5. The summed E-state index contributed by atoms with van der Waals surface area (Å²) < 4.78 is 10.2. The average molecular weight is 419 g/mol. The van der Waals surface area contributed by atoms with Crippen LogP contribution in [0.4, 0.5) is 4.79 Å². The van der Waals surface area contributed by atoms with Crippen LogP contribution in [0.2, 0.25) is 0 Å². The van der Waals surface area contributed by atoms with Crippen molar-refractivity contribution in [2.24, 2.45) is 5.92 Å². The Morgan fingerprint density at radius 3 is 2.40 bits per heavy atom. The van der Waals surface area contributed by atoms with Gasteiger partial charge in [0.05, 0.1) is 13.5 Å². The Bertz CT molecular complexity index is 771. The molecule has 0 aromatic heterocycles. The fourth-order valence-corrected chi connectivity index (χ4v) is 3.60. The van der Waals surface area contributed by atoms with Gasteiger partial charge >= 0.3 is 12.1 Å². The van der Waals surface area contributed by atoms with E-state index in [1.807, 2.05) is 38.1 Å². The Morgan fingerprint density at radius 2 is 1.83 bits per heavy atom. The molecule has 166 valence electrons. The van der Waals surface area contributed by atoms with Gasteiger partial charge in [-0.15, -0.1) is 0 Å². The van der Waals surface area contributed by atoms with E-state index < -0.39 is 17.7 Å². The second-order valence-corrected chi connectivity index (χ2v) is 8.88. The minimum Gasteiger partial charge on any atom is -0.469 e. The molecule has 0 spiro atoms. The monoisotopic (exact) mass is 418 g/mol. The fraction of sp³-hybridized carbons (Fsp3) is 0.609. The summed E-state index contributed by atoms with van der Waals surface area (Å²) in [5.74, 6) is -0.669. The van der Waals surface area contributed by atoms with Crippen molar-refractivity contribution in [3.8, 4) is 0 Å². The Kier molecular flexibility index (Phi) is 7.87. The number of nitrogens with one attached hydrogen (secondary N) is 1. The zero-order valence-electron chi connectivity index (χ0n) is 18.9. The molecule has 1 aliphatic heterocycles. The minimum atomic E-state index is -0.741. The number of ether oxygens (including phenoxy) is 2. The number of nitrogens with zero attached hydrogens (tertiary/aromatic N) is 1. The Labute approximate surface area is 179 Å². The van der Waals surface area contributed by atoms with Crippen molar-refractivity contribution in [3.05, 3.63) is 35.4 Å². The topological polar surface area (TPSA) is 84.9 Å². The summed E-state index contributed by atoms with van der Waals surface area (Å²) >= 11 is 0. The van der Waals surface area contributed by atoms with Crippen LogP contribution >= 0.6 is 0 Å². The number of carbonyl (C=O) groups is 3. The maximum Gasteiger partial charge on any atom is 0.408 e. The van der Waals surface area contributed by atoms with Crippen LogP contribution in [0, 0.1) is 5.92 Å². The van der Waals surface area contributed by atoms with Crippen molar-refractivity contribution < 1.29 is 23.9 Å². The molecule has 0 radical (unpaired) electrons. The lowest BCUT2D eigenvalue weighted by Gasteiger charge is -2.39. The number of alkyl carbamates (subject to hydrolysis) is 1. The Balaban J connectivity index is 2.30. The summed E-state index contributed by atoms with van der Waals surface area (Å²) in [6.45, 7) is 9.62. The quantitative estimate of drug-likeness (QED) is 0.716. The number of hydrogen-bond acceptors (Lipinski definition) is 5. The van der Waals surface area contributed by atoms with E-state index in [0.29, 0.717) is 19.4 Å². The molecular formula is C23H34N2O5. The molecule has 0 unspecified atom stereocenters. The molecule has 0 fully saturated rings. The van der Waals surface area contributed by atoms with Crippen LogP contribution in [0.5, 0.6) is 0 Å². The highest BCUT2D eigenvalue weighted by Crippen LogP contribution is 2.27. The molecule has 1 heterocycles. The zero-order valence-corrected chi connectivity index (χ0v) is 18.9. The van der Waals surface area contributed by atoms with Gasteiger partial charge in [0.15, 0.2) is 0 Å². The van der Waals surface area contributed by atoms with Gasteiger partial charge in [0.2, 0.25) is 5.91 Å². The van der Waals surface area contributed by atoms with Crippen molar-refractivity contribution in [2.45, 2.75) is 78.1 Å². The minimum absolute atomic E-state index is 0.0963. The van der Waals surface area contributed by atoms with Gasteiger partial charge in [-0.05, 0) is 44.2 Å². The molecule has 30 heavy (non-hydrogen) atoms. The molecule has 3 atom stereocenters. The lowest BCUT2D eigenvalue weighted by atomic mass is 9.90. The Morgan fingerprint density at radius 1 is 1.20 bits per heavy atom. The smallest absolute Gasteiger partial charge is 0.408 e. The largest absolute Gasteiger partial charge is 0.469 e. The molecule has 1 N–H and O–H groups in total. The van der Waals surface area contributed by atoms with E-state index in [-0.39, 0.29) is 30.3 Å². The number of carbonyl (C=O) groups excluding carboxylic acids is 3. The van der Waals surface area contributed by atoms with Crippen LogP contribution < -0.4 is 5.32 Å². The number of esters is 1. The normalized spacial score (nSPS) is 18.1. The summed E-state index contributed by atoms with van der Waals surface area (Å²) in [4.78, 5) is 39.7. The predicted octanol–water partition coefficient (Wildman–Crippen LogP) is 3.44. The van der Waals surface area contributed by atoms with Crippen LogP contribution in [0.1, 0.15) is 58.6 Å². The highest BCUT2D eigenvalue weighted by Gasteiger charge is 2.37. The summed E-state index contributed by atoms with van der Waals surface area (Å²) in [7, 11) is 1.34. The summed E-state index contributed by atoms with van der Waals surface area (Å²) in [6, 6.07) is 6.84. The van der Waals surface area contributed by atoms with Crippen molar-refractivity contribution in [1.29, 1.82) is 0 Å². The van der Waals surface area contributed by atoms with Gasteiger partial charge in [-0.1, -0.05) is 44.5 Å². The highest BCUT2D eigenvalue weighted by molar-refractivity contribution is 5.87. The Hall–Kier alpha value is -2.57. The molecule has 0 saturated carbocycles. The molecule has 7 nitrogen and oxygen atoms in total. The van der Waals surface area contributed by atoms with E-state index >= 15 is 0 Å². The lowest BCUT2D eigenvalue weighted by Crippen LogP contribution is -2.56. The van der Waals surface area contributed by atoms with Gasteiger partial charge < -0.3 is 19.7 Å². The van der Waals surface area contributed by atoms with Gasteiger partial charge in [-0.25, -0.2) is 4.79 Å². The summed E-state index contributed by atoms with van der Waals surface area (Å²) in [5, 5.41) is 2.76. The fourth-order valence-electron chi connectivity index (χ4n) is 3.60. The first-order chi connectivity index (χ1) is 14.1. The number of amides is 2. The zero-order chi connectivity index (χ0) is 22.5. The summed E-state index contributed by atoms with van der Waals surface area (Å²) in [6.07, 6.45) is 0.758. The molecule has 1 aromatic rings. The second kappa shape index (κ2) is 9.96. The van der Waals surface area contributed by atoms with Crippen LogP contribution in [-0.2, 0) is 32.0 Å². The van der Waals surface area contributed by atoms with Crippen molar-refractivity contribution in [2.75, 3.05) is 7.11 Å². The van der Waals surface area contributed by atoms with Gasteiger partial charge in [0.1, 0.15) is 11.6 Å². The predicted molar refractivity (Wildman–Crippen MR) is 114 cm³/mol. The maximum absolute atomic E-state index is 13.6. The SMILES string of the molecule is CC[C@H](C)[C@H](NC(=O)OC(C)(C)C)C(=O)N1Cc2ccccc2C[C@@H]1CC(=O)OC. The molecule has 1 aliphatic rings. The van der Waals surface area contributed by atoms with Crippen LogP contribution in [0.25, 0.3) is 0 Å².